The molecule has 1 saturated heterocycles. The van der Waals surface area contributed by atoms with E-state index in [4.69, 9.17) is 20.4 Å². The summed E-state index contributed by atoms with van der Waals surface area (Å²) in [5, 5.41) is 15.5. The van der Waals surface area contributed by atoms with Crippen molar-refractivity contribution in [2.45, 2.75) is 51.9 Å². The summed E-state index contributed by atoms with van der Waals surface area (Å²) in [5.41, 5.74) is 8.00. The predicted octanol–water partition coefficient (Wildman–Crippen LogP) is 2.97. The normalized spacial score (nSPS) is 14.9. The molecule has 9 nitrogen and oxygen atoms in total. The maximum atomic E-state index is 13.0. The standard InChI is InChI=1S/C20H29N5O2.C2HF3O2/c1-14-6-5-7-16(27-4)18(14)19(26)24-10-8-15(9-11-24)12-25-13-17(22-23-25)20(2,3)21;3-2(4,5)1(6)7/h5-7,13,15H,8-12,21H2,1-4H3;(H,6,7). The molecule has 188 valence electrons. The lowest BCUT2D eigenvalue weighted by Gasteiger charge is -2.32. The van der Waals surface area contributed by atoms with Crippen LogP contribution in [0.3, 0.4) is 0 Å². The number of benzene rings is 1. The quantitative estimate of drug-likeness (QED) is 0.667. The van der Waals surface area contributed by atoms with E-state index in [1.807, 2.05) is 54.7 Å². The van der Waals surface area contributed by atoms with Crippen LogP contribution in [0.25, 0.3) is 0 Å². The monoisotopic (exact) mass is 485 g/mol. The van der Waals surface area contributed by atoms with Gasteiger partial charge >= 0.3 is 12.1 Å². The Bertz CT molecular complexity index is 993. The van der Waals surface area contributed by atoms with E-state index in [1.54, 1.807) is 7.11 Å². The number of carbonyl (C=O) groups is 2. The second-order valence-electron chi connectivity index (χ2n) is 8.74. The Kier molecular flexibility index (Phi) is 8.65. The number of ether oxygens (including phenoxy) is 1. The Morgan fingerprint density at radius 2 is 1.82 bits per heavy atom. The fourth-order valence-electron chi connectivity index (χ4n) is 3.51. The van der Waals surface area contributed by atoms with Gasteiger partial charge in [0.2, 0.25) is 0 Å². The Labute approximate surface area is 195 Å². The topological polar surface area (TPSA) is 124 Å². The number of alkyl halides is 3. The van der Waals surface area contributed by atoms with E-state index >= 15 is 0 Å². The van der Waals surface area contributed by atoms with Crippen molar-refractivity contribution < 1.29 is 32.6 Å². The van der Waals surface area contributed by atoms with Gasteiger partial charge in [0.1, 0.15) is 11.4 Å². The molecular weight excluding hydrogens is 455 g/mol. The van der Waals surface area contributed by atoms with Gasteiger partial charge in [0.05, 0.1) is 24.4 Å². The summed E-state index contributed by atoms with van der Waals surface area (Å²) in [4.78, 5) is 23.8. The highest BCUT2D eigenvalue weighted by molar-refractivity contribution is 5.98. The second-order valence-corrected chi connectivity index (χ2v) is 8.74. The lowest BCUT2D eigenvalue weighted by atomic mass is 9.95. The minimum absolute atomic E-state index is 0.0522. The van der Waals surface area contributed by atoms with E-state index in [0.717, 1.165) is 43.7 Å². The van der Waals surface area contributed by atoms with Crippen LogP contribution in [0.15, 0.2) is 24.4 Å². The summed E-state index contributed by atoms with van der Waals surface area (Å²) in [6.07, 6.45) is -1.27. The van der Waals surface area contributed by atoms with Gasteiger partial charge in [0.15, 0.2) is 0 Å². The van der Waals surface area contributed by atoms with E-state index in [2.05, 4.69) is 10.3 Å². The van der Waals surface area contributed by atoms with Crippen LogP contribution in [-0.2, 0) is 16.9 Å². The van der Waals surface area contributed by atoms with E-state index in [9.17, 15) is 18.0 Å². The number of nitrogens with zero attached hydrogens (tertiary/aromatic N) is 4. The van der Waals surface area contributed by atoms with Crippen molar-refractivity contribution in [1.29, 1.82) is 0 Å². The smallest absolute Gasteiger partial charge is 0.490 e. The zero-order valence-electron chi connectivity index (χ0n) is 19.6. The zero-order chi connectivity index (χ0) is 25.7. The van der Waals surface area contributed by atoms with Crippen molar-refractivity contribution in [1.82, 2.24) is 19.9 Å². The number of hydrogen-bond acceptors (Lipinski definition) is 6. The number of rotatable bonds is 5. The van der Waals surface area contributed by atoms with Crippen LogP contribution >= 0.6 is 0 Å². The van der Waals surface area contributed by atoms with Crippen LogP contribution in [0.4, 0.5) is 13.2 Å². The zero-order valence-corrected chi connectivity index (χ0v) is 19.6. The molecule has 3 rings (SSSR count). The molecule has 1 aliphatic rings. The molecule has 0 spiro atoms. The van der Waals surface area contributed by atoms with Crippen LogP contribution in [0.2, 0.25) is 0 Å². The van der Waals surface area contributed by atoms with Gasteiger partial charge in [-0.2, -0.15) is 13.2 Å². The lowest BCUT2D eigenvalue weighted by molar-refractivity contribution is -0.192. The molecule has 0 radical (unpaired) electrons. The number of amides is 1. The van der Waals surface area contributed by atoms with Crippen LogP contribution in [0.1, 0.15) is 48.3 Å². The van der Waals surface area contributed by atoms with Gasteiger partial charge in [-0.25, -0.2) is 4.79 Å². The number of carboxylic acids is 1. The third-order valence-corrected chi connectivity index (χ3v) is 5.46. The van der Waals surface area contributed by atoms with Gasteiger partial charge in [-0.1, -0.05) is 17.3 Å². The average molecular weight is 486 g/mol. The van der Waals surface area contributed by atoms with Gasteiger partial charge in [-0.15, -0.1) is 5.10 Å². The van der Waals surface area contributed by atoms with Crippen LogP contribution in [0, 0.1) is 12.8 Å². The maximum Gasteiger partial charge on any atom is 0.490 e. The Morgan fingerprint density at radius 1 is 1.24 bits per heavy atom. The number of hydrogen-bond donors (Lipinski definition) is 2. The van der Waals surface area contributed by atoms with Crippen LogP contribution in [0.5, 0.6) is 5.75 Å². The molecule has 1 fully saturated rings. The Morgan fingerprint density at radius 3 is 2.29 bits per heavy atom. The van der Waals surface area contributed by atoms with Crippen molar-refractivity contribution in [3.05, 3.63) is 41.2 Å². The molecule has 3 N–H and O–H groups in total. The number of halogens is 3. The second kappa shape index (κ2) is 10.9. The number of piperidine rings is 1. The van der Waals surface area contributed by atoms with Gasteiger partial charge in [0.25, 0.3) is 5.91 Å². The summed E-state index contributed by atoms with van der Waals surface area (Å²) >= 11 is 0. The molecule has 1 aromatic carbocycles. The summed E-state index contributed by atoms with van der Waals surface area (Å²) in [5.74, 6) is -1.59. The number of carbonyl (C=O) groups excluding carboxylic acids is 1. The first-order chi connectivity index (χ1) is 15.7. The first-order valence-electron chi connectivity index (χ1n) is 10.7. The van der Waals surface area contributed by atoms with E-state index in [1.165, 1.54) is 0 Å². The molecule has 0 unspecified atom stereocenters. The number of aryl methyl sites for hydroxylation is 1. The van der Waals surface area contributed by atoms with E-state index < -0.39 is 17.7 Å². The van der Waals surface area contributed by atoms with Gasteiger partial charge in [-0.3, -0.25) is 9.48 Å². The SMILES string of the molecule is COc1cccc(C)c1C(=O)N1CCC(Cn2cc(C(C)(C)N)nn2)CC1.O=C(O)C(F)(F)F. The first-order valence-corrected chi connectivity index (χ1v) is 10.7. The summed E-state index contributed by atoms with van der Waals surface area (Å²) < 4.78 is 39.0. The third-order valence-electron chi connectivity index (χ3n) is 5.46. The number of likely N-dealkylation sites (tertiary alicyclic amines) is 1. The van der Waals surface area contributed by atoms with Crippen molar-refractivity contribution in [3.8, 4) is 5.75 Å². The summed E-state index contributed by atoms with van der Waals surface area (Å²) in [6.45, 7) is 8.08. The molecule has 0 atom stereocenters. The number of carboxylic acid groups (broad SMARTS) is 1. The fourth-order valence-corrected chi connectivity index (χ4v) is 3.51. The number of aliphatic carboxylic acids is 1. The molecular formula is C22H30F3N5O4. The van der Waals surface area contributed by atoms with Crippen molar-refractivity contribution in [3.63, 3.8) is 0 Å². The molecule has 1 amide bonds. The fraction of sp³-hybridized carbons (Fsp3) is 0.545. The molecule has 34 heavy (non-hydrogen) atoms. The first kappa shape index (κ1) is 27.1. The molecule has 0 aliphatic carbocycles. The van der Waals surface area contributed by atoms with Crippen molar-refractivity contribution >= 4 is 11.9 Å². The molecule has 1 aromatic heterocycles. The van der Waals surface area contributed by atoms with Crippen LogP contribution in [-0.4, -0.2) is 63.3 Å². The number of methoxy groups -OCH3 is 1. The van der Waals surface area contributed by atoms with Gasteiger partial charge < -0.3 is 20.5 Å². The minimum Gasteiger partial charge on any atom is -0.496 e. The Hall–Kier alpha value is -3.15. The molecule has 0 saturated carbocycles. The minimum atomic E-state index is -5.08. The molecule has 1 aliphatic heterocycles. The average Bonchev–Trinajstić information content (AvgIpc) is 3.22. The van der Waals surface area contributed by atoms with E-state index in [0.29, 0.717) is 17.2 Å². The number of aromatic nitrogens is 3. The third kappa shape index (κ3) is 7.17. The lowest BCUT2D eigenvalue weighted by Crippen LogP contribution is -2.39. The van der Waals surface area contributed by atoms with Crippen molar-refractivity contribution in [2.75, 3.05) is 20.2 Å². The van der Waals surface area contributed by atoms with Gasteiger partial charge in [0, 0.05) is 19.6 Å². The highest BCUT2D eigenvalue weighted by Gasteiger charge is 2.38. The highest BCUT2D eigenvalue weighted by Crippen LogP contribution is 2.27. The van der Waals surface area contributed by atoms with Crippen molar-refractivity contribution in [2.24, 2.45) is 11.7 Å². The maximum absolute atomic E-state index is 13.0. The van der Waals surface area contributed by atoms with Gasteiger partial charge in [-0.05, 0) is 51.2 Å². The highest BCUT2D eigenvalue weighted by atomic mass is 19.4. The summed E-state index contributed by atoms with van der Waals surface area (Å²) in [7, 11) is 1.60. The molecule has 2 aromatic rings. The Balaban J connectivity index is 0.000000509. The molecule has 2 heterocycles. The summed E-state index contributed by atoms with van der Waals surface area (Å²) in [6, 6.07) is 5.70. The predicted molar refractivity (Wildman–Crippen MR) is 117 cm³/mol. The van der Waals surface area contributed by atoms with E-state index in [-0.39, 0.29) is 5.91 Å². The largest absolute Gasteiger partial charge is 0.496 e. The molecule has 12 heteroatoms. The number of nitrogens with two attached hydrogens (primary N) is 1. The van der Waals surface area contributed by atoms with Crippen LogP contribution < -0.4 is 10.5 Å². The molecule has 0 bridgehead atoms.